The number of thiazole rings is 1. The fourth-order valence-corrected chi connectivity index (χ4v) is 4.94. The second-order valence-electron chi connectivity index (χ2n) is 7.32. The van der Waals surface area contributed by atoms with Crippen LogP contribution in [0.4, 0.5) is 0 Å². The van der Waals surface area contributed by atoms with E-state index in [1.807, 2.05) is 30.3 Å². The van der Waals surface area contributed by atoms with Gasteiger partial charge in [-0.25, -0.2) is 9.38 Å². The minimum absolute atomic E-state index is 0.00389. The molecule has 0 radical (unpaired) electrons. The van der Waals surface area contributed by atoms with Gasteiger partial charge < -0.3 is 4.57 Å². The van der Waals surface area contributed by atoms with Crippen LogP contribution in [0.15, 0.2) is 59.4 Å². The molecule has 0 atom stereocenters. The molecule has 0 bridgehead atoms. The number of aryl methyl sites for hydroxylation is 2. The quantitative estimate of drug-likeness (QED) is 0.450. The molecule has 3 heterocycles. The first-order valence-electron chi connectivity index (χ1n) is 9.77. The van der Waals surface area contributed by atoms with Crippen molar-refractivity contribution in [1.29, 1.82) is 0 Å². The second kappa shape index (κ2) is 6.71. The lowest BCUT2D eigenvalue weighted by molar-refractivity contribution is 0.961. The Labute approximate surface area is 172 Å². The maximum Gasteiger partial charge on any atom is 0.274 e. The predicted molar refractivity (Wildman–Crippen MR) is 120 cm³/mol. The van der Waals surface area contributed by atoms with Gasteiger partial charge in [0, 0.05) is 17.1 Å². The molecule has 0 N–H and O–H groups in total. The number of hydrogen-bond acceptors (Lipinski definition) is 3. The van der Waals surface area contributed by atoms with Crippen molar-refractivity contribution >= 4 is 33.4 Å². The number of nitrogens with zero attached hydrogens (tertiary/aromatic N) is 3. The van der Waals surface area contributed by atoms with Crippen LogP contribution >= 0.6 is 11.3 Å². The number of rotatable bonds is 3. The molecule has 0 amide bonds. The van der Waals surface area contributed by atoms with Crippen molar-refractivity contribution in [3.63, 3.8) is 0 Å². The monoisotopic (exact) mass is 399 g/mol. The maximum atomic E-state index is 13.0. The van der Waals surface area contributed by atoms with E-state index in [-0.39, 0.29) is 5.56 Å². The largest absolute Gasteiger partial charge is 0.318 e. The molecule has 5 rings (SSSR count). The molecule has 0 aliphatic carbocycles. The minimum Gasteiger partial charge on any atom is -0.318 e. The first-order valence-corrected chi connectivity index (χ1v) is 10.6. The zero-order valence-corrected chi connectivity index (χ0v) is 17.5. The van der Waals surface area contributed by atoms with E-state index in [0.29, 0.717) is 4.53 Å². The number of imidazole rings is 1. The summed E-state index contributed by atoms with van der Waals surface area (Å²) < 4.78 is 4.66. The highest BCUT2D eigenvalue weighted by atomic mass is 32.1. The van der Waals surface area contributed by atoms with Crippen molar-refractivity contribution < 1.29 is 0 Å². The molecule has 4 nitrogen and oxygen atoms in total. The van der Waals surface area contributed by atoms with E-state index in [1.165, 1.54) is 16.9 Å². The van der Waals surface area contributed by atoms with Gasteiger partial charge >= 0.3 is 0 Å². The van der Waals surface area contributed by atoms with E-state index in [9.17, 15) is 4.79 Å². The first kappa shape index (κ1) is 17.9. The Morgan fingerprint density at radius 1 is 1.07 bits per heavy atom. The van der Waals surface area contributed by atoms with Gasteiger partial charge in [-0.15, -0.1) is 0 Å². The highest BCUT2D eigenvalue weighted by Crippen LogP contribution is 2.22. The Kier molecular flexibility index (Phi) is 4.14. The summed E-state index contributed by atoms with van der Waals surface area (Å²) in [5, 5.41) is 0. The predicted octanol–water partition coefficient (Wildman–Crippen LogP) is 4.43. The molecule has 0 unspecified atom stereocenters. The summed E-state index contributed by atoms with van der Waals surface area (Å²) in [6.07, 6.45) is 3.03. The third-order valence-corrected chi connectivity index (χ3v) is 6.47. The molecule has 0 aliphatic heterocycles. The average molecular weight is 400 g/mol. The Hall–Kier alpha value is -3.18. The van der Waals surface area contributed by atoms with Gasteiger partial charge in [0.25, 0.3) is 5.56 Å². The number of para-hydroxylation sites is 2. The highest BCUT2D eigenvalue weighted by Gasteiger charge is 2.13. The molecular weight excluding hydrogens is 378 g/mol. The van der Waals surface area contributed by atoms with E-state index >= 15 is 0 Å². The van der Waals surface area contributed by atoms with Crippen LogP contribution in [-0.4, -0.2) is 14.0 Å². The molecule has 2 aromatic carbocycles. The standard InChI is InChI=1S/C24H21N3OS/c1-4-17-9-11-19(12-10-17)26-15(2)13-18(16(26)3)14-22-23(28)27-21-8-6-5-7-20(21)25-24(27)29-22/h5-14H,4H2,1-3H3/b22-14-. The summed E-state index contributed by atoms with van der Waals surface area (Å²) in [5.74, 6) is 0. The molecule has 29 heavy (non-hydrogen) atoms. The Bertz CT molecular complexity index is 1470. The zero-order chi connectivity index (χ0) is 20.1. The van der Waals surface area contributed by atoms with Crippen LogP contribution in [0.5, 0.6) is 0 Å². The van der Waals surface area contributed by atoms with Gasteiger partial charge in [0.2, 0.25) is 0 Å². The summed E-state index contributed by atoms with van der Waals surface area (Å²) in [4.78, 5) is 18.4. The van der Waals surface area contributed by atoms with Gasteiger partial charge in [0.15, 0.2) is 4.96 Å². The average Bonchev–Trinajstić information content (AvgIpc) is 3.33. The second-order valence-corrected chi connectivity index (χ2v) is 8.33. The SMILES string of the molecule is CCc1ccc(-n2c(C)cc(/C=c3\sc4nc5ccccc5n4c3=O)c2C)cc1. The number of aromatic nitrogens is 3. The summed E-state index contributed by atoms with van der Waals surface area (Å²) >= 11 is 1.44. The van der Waals surface area contributed by atoms with Gasteiger partial charge in [0.05, 0.1) is 15.6 Å². The normalized spacial score (nSPS) is 12.4. The van der Waals surface area contributed by atoms with Gasteiger partial charge in [-0.05, 0) is 67.8 Å². The molecule has 5 aromatic rings. The van der Waals surface area contributed by atoms with Crippen LogP contribution in [-0.2, 0) is 6.42 Å². The lowest BCUT2D eigenvalue weighted by Gasteiger charge is -2.10. The first-order chi connectivity index (χ1) is 14.1. The van der Waals surface area contributed by atoms with Crippen molar-refractivity contribution in [2.45, 2.75) is 27.2 Å². The maximum absolute atomic E-state index is 13.0. The smallest absolute Gasteiger partial charge is 0.274 e. The lowest BCUT2D eigenvalue weighted by atomic mass is 10.1. The van der Waals surface area contributed by atoms with E-state index in [4.69, 9.17) is 0 Å². The fraction of sp³-hybridized carbons (Fsp3) is 0.167. The molecule has 3 aromatic heterocycles. The third-order valence-electron chi connectivity index (χ3n) is 5.50. The Morgan fingerprint density at radius 2 is 1.83 bits per heavy atom. The molecule has 0 saturated heterocycles. The van der Waals surface area contributed by atoms with Crippen molar-refractivity contribution in [3.05, 3.63) is 92.0 Å². The van der Waals surface area contributed by atoms with E-state index in [0.717, 1.165) is 45.1 Å². The molecular formula is C24H21N3OS. The molecule has 0 fully saturated rings. The summed E-state index contributed by atoms with van der Waals surface area (Å²) in [7, 11) is 0. The summed E-state index contributed by atoms with van der Waals surface area (Å²) in [6.45, 7) is 6.37. The molecule has 0 aliphatic rings. The molecule has 5 heteroatoms. The van der Waals surface area contributed by atoms with Crippen LogP contribution in [0.25, 0.3) is 27.8 Å². The number of hydrogen-bond donors (Lipinski definition) is 0. The van der Waals surface area contributed by atoms with Crippen molar-refractivity contribution in [1.82, 2.24) is 14.0 Å². The number of benzene rings is 2. The van der Waals surface area contributed by atoms with Gasteiger partial charge in [-0.3, -0.25) is 4.79 Å². The zero-order valence-electron chi connectivity index (χ0n) is 16.6. The third kappa shape index (κ3) is 2.81. The molecule has 0 saturated carbocycles. The highest BCUT2D eigenvalue weighted by molar-refractivity contribution is 7.15. The molecule has 144 valence electrons. The van der Waals surface area contributed by atoms with Crippen molar-refractivity contribution in [3.8, 4) is 5.69 Å². The topological polar surface area (TPSA) is 39.3 Å². The summed E-state index contributed by atoms with van der Waals surface area (Å²) in [6, 6.07) is 18.6. The van der Waals surface area contributed by atoms with Gasteiger partial charge in [-0.2, -0.15) is 0 Å². The van der Waals surface area contributed by atoms with Crippen LogP contribution in [0, 0.1) is 13.8 Å². The van der Waals surface area contributed by atoms with E-state index in [2.05, 4.69) is 60.7 Å². The van der Waals surface area contributed by atoms with Crippen LogP contribution in [0.3, 0.4) is 0 Å². The van der Waals surface area contributed by atoms with Crippen LogP contribution in [0.2, 0.25) is 0 Å². The Balaban J connectivity index is 1.66. The summed E-state index contributed by atoms with van der Waals surface area (Å²) in [5.41, 5.74) is 7.53. The lowest BCUT2D eigenvalue weighted by Crippen LogP contribution is -2.22. The van der Waals surface area contributed by atoms with Gasteiger partial charge in [0.1, 0.15) is 0 Å². The van der Waals surface area contributed by atoms with Crippen molar-refractivity contribution in [2.24, 2.45) is 0 Å². The number of fused-ring (bicyclic) bond motifs is 3. The van der Waals surface area contributed by atoms with Crippen LogP contribution in [0.1, 0.15) is 29.4 Å². The van der Waals surface area contributed by atoms with Crippen molar-refractivity contribution in [2.75, 3.05) is 0 Å². The van der Waals surface area contributed by atoms with Gasteiger partial charge in [-0.1, -0.05) is 42.5 Å². The molecule has 0 spiro atoms. The Morgan fingerprint density at radius 3 is 2.59 bits per heavy atom. The fourth-order valence-electron chi connectivity index (χ4n) is 3.97. The van der Waals surface area contributed by atoms with E-state index in [1.54, 1.807) is 4.40 Å². The minimum atomic E-state index is -0.00389. The van der Waals surface area contributed by atoms with E-state index < -0.39 is 0 Å². The van der Waals surface area contributed by atoms with Crippen LogP contribution < -0.4 is 10.1 Å².